The van der Waals surface area contributed by atoms with E-state index in [1.165, 1.54) is 5.56 Å². The minimum absolute atomic E-state index is 0.273. The summed E-state index contributed by atoms with van der Waals surface area (Å²) in [5, 5.41) is 9.20. The van der Waals surface area contributed by atoms with Crippen molar-refractivity contribution in [1.82, 2.24) is 0 Å². The lowest BCUT2D eigenvalue weighted by Crippen LogP contribution is -1.89. The van der Waals surface area contributed by atoms with Crippen LogP contribution in [-0.4, -0.2) is 11.3 Å². The summed E-state index contributed by atoms with van der Waals surface area (Å²) in [7, 11) is 0. The molecule has 2 rings (SSSR count). The number of aromatic hydroxyl groups is 1. The normalized spacial score (nSPS) is 12.7. The highest BCUT2D eigenvalue weighted by Gasteiger charge is 2.01. The van der Waals surface area contributed by atoms with Gasteiger partial charge in [-0.2, -0.15) is 0 Å². The van der Waals surface area contributed by atoms with Gasteiger partial charge in [0.15, 0.2) is 0 Å². The topological polar surface area (TPSA) is 32.6 Å². The van der Waals surface area contributed by atoms with E-state index in [-0.39, 0.29) is 5.75 Å². The molecule has 0 aliphatic carbocycles. The third-order valence-electron chi connectivity index (χ3n) is 3.33. The third-order valence-corrected chi connectivity index (χ3v) is 3.33. The van der Waals surface area contributed by atoms with Crippen molar-refractivity contribution in [3.8, 4) is 5.75 Å². The molecule has 0 heterocycles. The Morgan fingerprint density at radius 2 is 1.68 bits per heavy atom. The van der Waals surface area contributed by atoms with Gasteiger partial charge < -0.3 is 5.11 Å². The van der Waals surface area contributed by atoms with Crippen molar-refractivity contribution in [2.24, 2.45) is 4.99 Å². The van der Waals surface area contributed by atoms with Gasteiger partial charge in [-0.25, -0.2) is 0 Å². The fraction of sp³-hybridized carbons (Fsp3) is 0.235. The molecule has 0 saturated heterocycles. The fourth-order valence-electron chi connectivity index (χ4n) is 1.83. The average molecular weight is 253 g/mol. The van der Waals surface area contributed by atoms with E-state index in [0.717, 1.165) is 17.7 Å². The molecule has 2 aromatic rings. The van der Waals surface area contributed by atoms with Crippen molar-refractivity contribution >= 4 is 11.9 Å². The Bertz CT molecular complexity index is 540. The highest BCUT2D eigenvalue weighted by Crippen LogP contribution is 2.21. The van der Waals surface area contributed by atoms with E-state index in [9.17, 15) is 5.11 Å². The fourth-order valence-corrected chi connectivity index (χ4v) is 1.83. The smallest absolute Gasteiger partial charge is 0.115 e. The zero-order chi connectivity index (χ0) is 13.7. The zero-order valence-corrected chi connectivity index (χ0v) is 11.4. The van der Waals surface area contributed by atoms with E-state index in [1.807, 2.05) is 24.3 Å². The summed E-state index contributed by atoms with van der Waals surface area (Å²) >= 11 is 0. The van der Waals surface area contributed by atoms with Crippen molar-refractivity contribution in [3.63, 3.8) is 0 Å². The van der Waals surface area contributed by atoms with Crippen molar-refractivity contribution in [2.75, 3.05) is 0 Å². The average Bonchev–Trinajstić information content (AvgIpc) is 2.46. The molecule has 2 aromatic carbocycles. The molecule has 0 amide bonds. The van der Waals surface area contributed by atoms with Gasteiger partial charge in [-0.05, 0) is 59.9 Å². The lowest BCUT2D eigenvalue weighted by Gasteiger charge is -2.08. The second-order valence-electron chi connectivity index (χ2n) is 4.75. The molecule has 2 nitrogen and oxygen atoms in total. The van der Waals surface area contributed by atoms with Gasteiger partial charge >= 0.3 is 0 Å². The van der Waals surface area contributed by atoms with Crippen LogP contribution in [0, 0.1) is 0 Å². The molecule has 1 N–H and O–H groups in total. The largest absolute Gasteiger partial charge is 0.508 e. The van der Waals surface area contributed by atoms with Crippen molar-refractivity contribution in [2.45, 2.75) is 26.2 Å². The molecule has 2 heteroatoms. The van der Waals surface area contributed by atoms with E-state index >= 15 is 0 Å². The molecule has 98 valence electrons. The Balaban J connectivity index is 2.09. The van der Waals surface area contributed by atoms with Crippen LogP contribution < -0.4 is 0 Å². The molecular formula is C17H19NO. The number of benzene rings is 2. The summed E-state index contributed by atoms with van der Waals surface area (Å²) < 4.78 is 0. The molecule has 19 heavy (non-hydrogen) atoms. The van der Waals surface area contributed by atoms with Gasteiger partial charge in [0.25, 0.3) is 0 Å². The minimum atomic E-state index is 0.273. The molecule has 0 bridgehead atoms. The van der Waals surface area contributed by atoms with E-state index in [0.29, 0.717) is 5.92 Å². The first-order chi connectivity index (χ1) is 9.19. The third kappa shape index (κ3) is 3.68. The number of nitrogens with zero attached hydrogens (tertiary/aromatic N) is 1. The van der Waals surface area contributed by atoms with E-state index in [2.05, 4.69) is 31.0 Å². The Kier molecular flexibility index (Phi) is 4.35. The summed E-state index contributed by atoms with van der Waals surface area (Å²) in [5.41, 5.74) is 3.27. The number of phenolic OH excluding ortho intramolecular Hbond substituents is 1. The number of hydrogen-bond donors (Lipinski definition) is 1. The highest BCUT2D eigenvalue weighted by atomic mass is 16.3. The Morgan fingerprint density at radius 3 is 2.26 bits per heavy atom. The first-order valence-corrected chi connectivity index (χ1v) is 6.62. The molecular weight excluding hydrogens is 234 g/mol. The second-order valence-corrected chi connectivity index (χ2v) is 4.75. The van der Waals surface area contributed by atoms with Gasteiger partial charge in [0.1, 0.15) is 5.75 Å². The van der Waals surface area contributed by atoms with Gasteiger partial charge in [0.2, 0.25) is 0 Å². The molecule has 0 aliphatic heterocycles. The lowest BCUT2D eigenvalue weighted by atomic mass is 9.99. The monoisotopic (exact) mass is 253 g/mol. The number of phenols is 1. The van der Waals surface area contributed by atoms with Gasteiger partial charge in [-0.1, -0.05) is 26.0 Å². The quantitative estimate of drug-likeness (QED) is 0.790. The molecule has 0 radical (unpaired) electrons. The molecule has 0 spiro atoms. The van der Waals surface area contributed by atoms with Crippen LogP contribution in [0.25, 0.3) is 0 Å². The SMILES string of the molecule is CCC(C)c1ccc(N=Cc2ccc(O)cc2)cc1. The standard InChI is InChI=1S/C17H19NO/c1-3-13(2)15-6-8-16(9-7-15)18-12-14-4-10-17(19)11-5-14/h4-13,19H,3H2,1-2H3. The summed E-state index contributed by atoms with van der Waals surface area (Å²) in [5.74, 6) is 0.866. The highest BCUT2D eigenvalue weighted by molar-refractivity contribution is 5.82. The molecule has 0 saturated carbocycles. The lowest BCUT2D eigenvalue weighted by molar-refractivity contribution is 0.475. The first kappa shape index (κ1) is 13.3. The molecule has 0 aromatic heterocycles. The molecule has 0 fully saturated rings. The van der Waals surface area contributed by atoms with Crippen molar-refractivity contribution in [1.29, 1.82) is 0 Å². The number of rotatable bonds is 4. The van der Waals surface area contributed by atoms with E-state index < -0.39 is 0 Å². The Labute approximate surface area is 114 Å². The van der Waals surface area contributed by atoms with Crippen LogP contribution in [0.15, 0.2) is 53.5 Å². The van der Waals surface area contributed by atoms with E-state index in [4.69, 9.17) is 0 Å². The summed E-state index contributed by atoms with van der Waals surface area (Å²) in [6.07, 6.45) is 2.95. The number of hydrogen-bond acceptors (Lipinski definition) is 2. The van der Waals surface area contributed by atoms with Crippen LogP contribution in [0.3, 0.4) is 0 Å². The second kappa shape index (κ2) is 6.19. The maximum atomic E-state index is 9.20. The Hall–Kier alpha value is -2.09. The van der Waals surface area contributed by atoms with Crippen LogP contribution in [0.4, 0.5) is 5.69 Å². The van der Waals surface area contributed by atoms with Crippen LogP contribution in [0.5, 0.6) is 5.75 Å². The minimum Gasteiger partial charge on any atom is -0.508 e. The van der Waals surface area contributed by atoms with Gasteiger partial charge in [0, 0.05) is 6.21 Å². The maximum absolute atomic E-state index is 9.20. The summed E-state index contributed by atoms with van der Waals surface area (Å²) in [6.45, 7) is 4.43. The Morgan fingerprint density at radius 1 is 1.05 bits per heavy atom. The van der Waals surface area contributed by atoms with E-state index in [1.54, 1.807) is 18.3 Å². The van der Waals surface area contributed by atoms with Crippen molar-refractivity contribution in [3.05, 3.63) is 59.7 Å². The van der Waals surface area contributed by atoms with Crippen molar-refractivity contribution < 1.29 is 5.11 Å². The zero-order valence-electron chi connectivity index (χ0n) is 11.4. The molecule has 0 aliphatic rings. The van der Waals surface area contributed by atoms with Crippen LogP contribution >= 0.6 is 0 Å². The van der Waals surface area contributed by atoms with Crippen LogP contribution in [0.2, 0.25) is 0 Å². The van der Waals surface area contributed by atoms with Gasteiger partial charge in [-0.3, -0.25) is 4.99 Å². The number of aliphatic imine (C=N–C) groups is 1. The van der Waals surface area contributed by atoms with Gasteiger partial charge in [-0.15, -0.1) is 0 Å². The predicted molar refractivity (Wildman–Crippen MR) is 80.5 cm³/mol. The summed E-state index contributed by atoms with van der Waals surface area (Å²) in [6, 6.07) is 15.4. The molecule has 1 atom stereocenters. The summed E-state index contributed by atoms with van der Waals surface area (Å²) in [4.78, 5) is 4.43. The van der Waals surface area contributed by atoms with Gasteiger partial charge in [0.05, 0.1) is 5.69 Å². The maximum Gasteiger partial charge on any atom is 0.115 e. The first-order valence-electron chi connectivity index (χ1n) is 6.62. The predicted octanol–water partition coefficient (Wildman–Crippen LogP) is 4.66. The molecule has 1 unspecified atom stereocenters. The van der Waals surface area contributed by atoms with Crippen LogP contribution in [-0.2, 0) is 0 Å². The van der Waals surface area contributed by atoms with Crippen LogP contribution in [0.1, 0.15) is 37.3 Å².